The number of oxime groups is 1. The van der Waals surface area contributed by atoms with E-state index in [0.717, 1.165) is 10.7 Å². The molecule has 7 heteroatoms. The Balaban J connectivity index is 4.62. The van der Waals surface area contributed by atoms with Crippen molar-refractivity contribution in [3.63, 3.8) is 0 Å². The lowest BCUT2D eigenvalue weighted by Gasteiger charge is -2.22. The predicted octanol–water partition coefficient (Wildman–Crippen LogP) is 0.183. The first kappa shape index (κ1) is 14.2. The average molecular weight is 237 g/mol. The number of sulfonamides is 1. The largest absolute Gasteiger partial charge is 0.409 e. The smallest absolute Gasteiger partial charge is 0.214 e. The van der Waals surface area contributed by atoms with E-state index >= 15 is 0 Å². The van der Waals surface area contributed by atoms with E-state index in [-0.39, 0.29) is 11.6 Å². The lowest BCUT2D eigenvalue weighted by molar-refractivity contribution is 0.311. The average Bonchev–Trinajstić information content (AvgIpc) is 2.23. The summed E-state index contributed by atoms with van der Waals surface area (Å²) in [5.74, 6) is -0.0270. The van der Waals surface area contributed by atoms with Crippen molar-refractivity contribution < 1.29 is 13.6 Å². The summed E-state index contributed by atoms with van der Waals surface area (Å²) in [6.07, 6.45) is 1.42. The molecule has 0 aliphatic rings. The van der Waals surface area contributed by atoms with Crippen molar-refractivity contribution in [3.8, 4) is 0 Å². The number of nitrogens with zero attached hydrogens (tertiary/aromatic N) is 2. The van der Waals surface area contributed by atoms with Crippen LogP contribution in [0.3, 0.4) is 0 Å². The molecule has 0 aromatic rings. The number of amidine groups is 1. The maximum absolute atomic E-state index is 11.7. The van der Waals surface area contributed by atoms with Gasteiger partial charge in [-0.05, 0) is 13.3 Å². The fourth-order valence-electron chi connectivity index (χ4n) is 0.981. The van der Waals surface area contributed by atoms with Gasteiger partial charge in [-0.15, -0.1) is 0 Å². The van der Waals surface area contributed by atoms with Crippen LogP contribution in [0, 0.1) is 0 Å². The van der Waals surface area contributed by atoms with Gasteiger partial charge in [-0.25, -0.2) is 8.42 Å². The molecule has 0 aliphatic heterocycles. The highest BCUT2D eigenvalue weighted by Crippen LogP contribution is 2.07. The van der Waals surface area contributed by atoms with Crippen LogP contribution in [0.1, 0.15) is 26.7 Å². The first-order valence-electron chi connectivity index (χ1n) is 4.80. The van der Waals surface area contributed by atoms with Crippen LogP contribution in [0.2, 0.25) is 0 Å². The molecular formula is C8H19N3O3S. The minimum absolute atomic E-state index is 0.0864. The Kier molecular flexibility index (Phi) is 5.59. The molecule has 15 heavy (non-hydrogen) atoms. The quantitative estimate of drug-likeness (QED) is 0.298. The standard InChI is InChI=1S/C8H19N3O3S/c1-4-5-6-15(13,14)11(3)7(2)8(9)10-12/h7,12H,4-6H2,1-3H3,(H2,9,10). The Morgan fingerprint density at radius 1 is 1.60 bits per heavy atom. The topological polar surface area (TPSA) is 96.0 Å². The van der Waals surface area contributed by atoms with Crippen molar-refractivity contribution in [1.29, 1.82) is 0 Å². The van der Waals surface area contributed by atoms with Gasteiger partial charge in [-0.3, -0.25) is 0 Å². The fraction of sp³-hybridized carbons (Fsp3) is 0.875. The molecule has 0 aromatic carbocycles. The van der Waals surface area contributed by atoms with Gasteiger partial charge in [-0.2, -0.15) is 4.31 Å². The molecule has 3 N–H and O–H groups in total. The molecule has 90 valence electrons. The molecule has 0 spiro atoms. The van der Waals surface area contributed by atoms with Crippen molar-refractivity contribution in [2.45, 2.75) is 32.7 Å². The van der Waals surface area contributed by atoms with Crippen LogP contribution in [0.25, 0.3) is 0 Å². The predicted molar refractivity (Wildman–Crippen MR) is 59.3 cm³/mol. The summed E-state index contributed by atoms with van der Waals surface area (Å²) in [5, 5.41) is 11.2. The van der Waals surface area contributed by atoms with Crippen molar-refractivity contribution >= 4 is 15.9 Å². The van der Waals surface area contributed by atoms with Crippen LogP contribution in [-0.2, 0) is 10.0 Å². The number of nitrogens with two attached hydrogens (primary N) is 1. The summed E-state index contributed by atoms with van der Waals surface area (Å²) >= 11 is 0. The molecule has 0 radical (unpaired) electrons. The van der Waals surface area contributed by atoms with Crippen molar-refractivity contribution in [3.05, 3.63) is 0 Å². The lowest BCUT2D eigenvalue weighted by atomic mass is 10.3. The van der Waals surface area contributed by atoms with Gasteiger partial charge >= 0.3 is 0 Å². The van der Waals surface area contributed by atoms with Crippen LogP contribution in [0.5, 0.6) is 0 Å². The molecule has 0 aliphatic carbocycles. The van der Waals surface area contributed by atoms with Gasteiger partial charge in [0.2, 0.25) is 10.0 Å². The van der Waals surface area contributed by atoms with Crippen molar-refractivity contribution in [1.82, 2.24) is 4.31 Å². The highest BCUT2D eigenvalue weighted by atomic mass is 32.2. The Labute approximate surface area is 90.8 Å². The second kappa shape index (κ2) is 5.92. The van der Waals surface area contributed by atoms with E-state index in [0.29, 0.717) is 6.42 Å². The van der Waals surface area contributed by atoms with Crippen LogP contribution < -0.4 is 5.73 Å². The first-order valence-corrected chi connectivity index (χ1v) is 6.40. The minimum Gasteiger partial charge on any atom is -0.409 e. The third kappa shape index (κ3) is 4.05. The molecule has 0 bridgehead atoms. The molecule has 6 nitrogen and oxygen atoms in total. The van der Waals surface area contributed by atoms with E-state index in [2.05, 4.69) is 5.16 Å². The highest BCUT2D eigenvalue weighted by molar-refractivity contribution is 7.89. The molecule has 0 fully saturated rings. The van der Waals surface area contributed by atoms with Gasteiger partial charge < -0.3 is 10.9 Å². The summed E-state index contributed by atoms with van der Waals surface area (Å²) in [6, 6.07) is -0.628. The van der Waals surface area contributed by atoms with E-state index in [9.17, 15) is 8.42 Å². The normalized spacial score (nSPS) is 15.6. The number of hydrogen-bond donors (Lipinski definition) is 2. The van der Waals surface area contributed by atoms with Crippen LogP contribution >= 0.6 is 0 Å². The summed E-state index contributed by atoms with van der Waals surface area (Å²) in [5.41, 5.74) is 5.34. The SMILES string of the molecule is CCCCS(=O)(=O)N(C)C(C)C(N)=NO. The zero-order chi connectivity index (χ0) is 12.1. The third-order valence-electron chi connectivity index (χ3n) is 2.28. The Morgan fingerprint density at radius 3 is 2.53 bits per heavy atom. The molecule has 0 saturated heterocycles. The molecule has 1 atom stereocenters. The van der Waals surface area contributed by atoms with E-state index in [1.54, 1.807) is 6.92 Å². The van der Waals surface area contributed by atoms with Crippen molar-refractivity contribution in [2.24, 2.45) is 10.9 Å². The molecular weight excluding hydrogens is 218 g/mol. The zero-order valence-corrected chi connectivity index (χ0v) is 10.2. The number of likely N-dealkylation sites (N-methyl/N-ethyl adjacent to an activating group) is 1. The van der Waals surface area contributed by atoms with Gasteiger partial charge in [0.1, 0.15) is 0 Å². The second-order valence-corrected chi connectivity index (χ2v) is 5.53. The molecule has 0 amide bonds. The monoisotopic (exact) mass is 237 g/mol. The van der Waals surface area contributed by atoms with Crippen LogP contribution in [0.15, 0.2) is 5.16 Å². The summed E-state index contributed by atoms with van der Waals surface area (Å²) in [4.78, 5) is 0. The van der Waals surface area contributed by atoms with Gasteiger partial charge in [0.05, 0.1) is 11.8 Å². The molecule has 0 aromatic heterocycles. The highest BCUT2D eigenvalue weighted by Gasteiger charge is 2.25. The minimum atomic E-state index is -3.32. The first-order chi connectivity index (χ1) is 6.86. The third-order valence-corrected chi connectivity index (χ3v) is 4.28. The van der Waals surface area contributed by atoms with E-state index in [1.807, 2.05) is 6.92 Å². The zero-order valence-electron chi connectivity index (χ0n) is 9.34. The van der Waals surface area contributed by atoms with Crippen LogP contribution in [-0.4, -0.2) is 42.6 Å². The summed E-state index contributed by atoms with van der Waals surface area (Å²) < 4.78 is 24.5. The maximum Gasteiger partial charge on any atom is 0.214 e. The molecule has 0 rings (SSSR count). The van der Waals surface area contributed by atoms with Gasteiger partial charge in [0.15, 0.2) is 5.84 Å². The Bertz CT molecular complexity index is 313. The van der Waals surface area contributed by atoms with Crippen LogP contribution in [0.4, 0.5) is 0 Å². The fourth-order valence-corrected chi connectivity index (χ4v) is 2.51. The van der Waals surface area contributed by atoms with Gasteiger partial charge in [-0.1, -0.05) is 18.5 Å². The molecule has 1 unspecified atom stereocenters. The van der Waals surface area contributed by atoms with E-state index in [1.165, 1.54) is 7.05 Å². The van der Waals surface area contributed by atoms with E-state index < -0.39 is 16.1 Å². The molecule has 0 saturated carbocycles. The summed E-state index contributed by atoms with van der Waals surface area (Å²) in [7, 11) is -1.89. The number of unbranched alkanes of at least 4 members (excludes halogenated alkanes) is 1. The molecule has 0 heterocycles. The lowest BCUT2D eigenvalue weighted by Crippen LogP contribution is -2.44. The Hall–Kier alpha value is -0.820. The maximum atomic E-state index is 11.7. The second-order valence-electron chi connectivity index (χ2n) is 3.39. The van der Waals surface area contributed by atoms with Gasteiger partial charge in [0, 0.05) is 7.05 Å². The van der Waals surface area contributed by atoms with Crippen molar-refractivity contribution in [2.75, 3.05) is 12.8 Å². The number of hydrogen-bond acceptors (Lipinski definition) is 4. The Morgan fingerprint density at radius 2 is 2.13 bits per heavy atom. The van der Waals surface area contributed by atoms with Gasteiger partial charge in [0.25, 0.3) is 0 Å². The summed E-state index contributed by atoms with van der Waals surface area (Å²) in [6.45, 7) is 3.49. The van der Waals surface area contributed by atoms with E-state index in [4.69, 9.17) is 10.9 Å². The number of rotatable bonds is 6.